The average Bonchev–Trinajstić information content (AvgIpc) is 2.79. The van der Waals surface area contributed by atoms with Crippen LogP contribution in [0.15, 0.2) is 18.6 Å². The van der Waals surface area contributed by atoms with Crippen LogP contribution in [0.5, 0.6) is 0 Å². The van der Waals surface area contributed by atoms with Gasteiger partial charge >= 0.3 is 5.97 Å². The summed E-state index contributed by atoms with van der Waals surface area (Å²) in [6.07, 6.45) is 7.40. The third-order valence-electron chi connectivity index (χ3n) is 4.97. The second kappa shape index (κ2) is 6.71. The van der Waals surface area contributed by atoms with Crippen LogP contribution in [-0.2, 0) is 9.53 Å². The molecule has 0 radical (unpaired) electrons. The van der Waals surface area contributed by atoms with Gasteiger partial charge in [0.05, 0.1) is 5.69 Å². The predicted molar refractivity (Wildman–Crippen MR) is 82.1 cm³/mol. The first-order chi connectivity index (χ1) is 10.7. The third kappa shape index (κ3) is 2.98. The number of esters is 1. The van der Waals surface area contributed by atoms with E-state index in [1.165, 1.54) is 19.2 Å². The van der Waals surface area contributed by atoms with Crippen molar-refractivity contribution in [1.29, 1.82) is 0 Å². The fourth-order valence-corrected chi connectivity index (χ4v) is 3.93. The van der Waals surface area contributed by atoms with E-state index in [0.717, 1.165) is 19.4 Å². The molecule has 0 amide bonds. The standard InChI is InChI=1S/C16H24N4O2/c1-2-20-11-3-4-12(20)8-13(7-11)22-16(21)14(9-17)15-5-6-18-10-19-15/h5-6,10-14H,2-4,7-9,17H2,1H3. The Labute approximate surface area is 131 Å². The van der Waals surface area contributed by atoms with Crippen molar-refractivity contribution in [3.05, 3.63) is 24.3 Å². The van der Waals surface area contributed by atoms with Gasteiger partial charge in [-0.15, -0.1) is 0 Å². The largest absolute Gasteiger partial charge is 0.462 e. The summed E-state index contributed by atoms with van der Waals surface area (Å²) in [4.78, 5) is 23.0. The number of rotatable bonds is 5. The van der Waals surface area contributed by atoms with Crippen molar-refractivity contribution in [2.24, 2.45) is 5.73 Å². The van der Waals surface area contributed by atoms with Crippen LogP contribution in [0.1, 0.15) is 44.2 Å². The molecule has 2 aliphatic heterocycles. The van der Waals surface area contributed by atoms with Gasteiger partial charge in [-0.2, -0.15) is 0 Å². The number of piperidine rings is 1. The van der Waals surface area contributed by atoms with Crippen molar-refractivity contribution in [2.45, 2.75) is 56.7 Å². The molecule has 6 heteroatoms. The summed E-state index contributed by atoms with van der Waals surface area (Å²) < 4.78 is 5.77. The van der Waals surface area contributed by atoms with Gasteiger partial charge in [0.25, 0.3) is 0 Å². The van der Waals surface area contributed by atoms with Gasteiger partial charge in [0.1, 0.15) is 18.3 Å². The first kappa shape index (κ1) is 15.4. The Kier molecular flexibility index (Phi) is 4.69. The number of hydrogen-bond donors (Lipinski definition) is 1. The van der Waals surface area contributed by atoms with Crippen LogP contribution in [0.3, 0.4) is 0 Å². The number of fused-ring (bicyclic) bond motifs is 2. The van der Waals surface area contributed by atoms with E-state index in [0.29, 0.717) is 17.8 Å². The van der Waals surface area contributed by atoms with Crippen LogP contribution in [0.2, 0.25) is 0 Å². The molecule has 1 aromatic rings. The Morgan fingerprint density at radius 2 is 2.18 bits per heavy atom. The maximum absolute atomic E-state index is 12.5. The highest BCUT2D eigenvalue weighted by Gasteiger charge is 2.41. The molecule has 2 bridgehead atoms. The van der Waals surface area contributed by atoms with Crippen molar-refractivity contribution >= 4 is 5.97 Å². The highest BCUT2D eigenvalue weighted by atomic mass is 16.5. The minimum absolute atomic E-state index is 0.0173. The summed E-state index contributed by atoms with van der Waals surface area (Å²) in [5.41, 5.74) is 6.39. The number of aromatic nitrogens is 2. The fraction of sp³-hybridized carbons (Fsp3) is 0.688. The summed E-state index contributed by atoms with van der Waals surface area (Å²) in [7, 11) is 0. The lowest BCUT2D eigenvalue weighted by atomic mass is 9.99. The zero-order chi connectivity index (χ0) is 15.5. The highest BCUT2D eigenvalue weighted by molar-refractivity contribution is 5.78. The predicted octanol–water partition coefficient (Wildman–Crippen LogP) is 1.08. The molecule has 2 saturated heterocycles. The molecule has 3 atom stereocenters. The van der Waals surface area contributed by atoms with Crippen molar-refractivity contribution in [1.82, 2.24) is 14.9 Å². The quantitative estimate of drug-likeness (QED) is 0.820. The van der Waals surface area contributed by atoms with Crippen LogP contribution in [-0.4, -0.2) is 52.1 Å². The van der Waals surface area contributed by atoms with E-state index in [1.54, 1.807) is 12.3 Å². The molecule has 0 aliphatic carbocycles. The first-order valence-corrected chi connectivity index (χ1v) is 8.15. The Bertz CT molecular complexity index is 496. The van der Waals surface area contributed by atoms with Gasteiger partial charge in [-0.05, 0) is 25.5 Å². The SMILES string of the molecule is CCN1C2CCC1CC(OC(=O)C(CN)c1ccncn1)C2. The first-order valence-electron chi connectivity index (χ1n) is 8.15. The lowest BCUT2D eigenvalue weighted by molar-refractivity contribution is -0.154. The van der Waals surface area contributed by atoms with E-state index in [1.807, 2.05) is 0 Å². The Balaban J connectivity index is 1.62. The van der Waals surface area contributed by atoms with E-state index in [-0.39, 0.29) is 18.6 Å². The van der Waals surface area contributed by atoms with Gasteiger partial charge in [0.15, 0.2) is 0 Å². The monoisotopic (exact) mass is 304 g/mol. The van der Waals surface area contributed by atoms with E-state index in [2.05, 4.69) is 21.8 Å². The zero-order valence-electron chi connectivity index (χ0n) is 13.0. The molecule has 0 spiro atoms. The maximum atomic E-state index is 12.5. The molecule has 2 N–H and O–H groups in total. The fourth-order valence-electron chi connectivity index (χ4n) is 3.93. The summed E-state index contributed by atoms with van der Waals surface area (Å²) in [6.45, 7) is 3.50. The number of ether oxygens (including phenoxy) is 1. The van der Waals surface area contributed by atoms with Crippen molar-refractivity contribution in [2.75, 3.05) is 13.1 Å². The van der Waals surface area contributed by atoms with Crippen LogP contribution in [0, 0.1) is 0 Å². The second-order valence-corrected chi connectivity index (χ2v) is 6.17. The van der Waals surface area contributed by atoms with E-state index in [9.17, 15) is 4.79 Å². The summed E-state index contributed by atoms with van der Waals surface area (Å²) >= 11 is 0. The van der Waals surface area contributed by atoms with Crippen molar-refractivity contribution < 1.29 is 9.53 Å². The summed E-state index contributed by atoms with van der Waals surface area (Å²) in [5.74, 6) is -0.750. The van der Waals surface area contributed by atoms with Crippen LogP contribution in [0.25, 0.3) is 0 Å². The lowest BCUT2D eigenvalue weighted by Crippen LogP contribution is -2.46. The Hall–Kier alpha value is -1.53. The third-order valence-corrected chi connectivity index (χ3v) is 4.97. The summed E-state index contributed by atoms with van der Waals surface area (Å²) in [5, 5.41) is 0. The molecule has 0 aromatic carbocycles. The summed E-state index contributed by atoms with van der Waals surface area (Å²) in [6, 6.07) is 2.86. The molecule has 3 unspecified atom stereocenters. The molecule has 0 saturated carbocycles. The van der Waals surface area contributed by atoms with Gasteiger partial charge in [0, 0.05) is 37.7 Å². The second-order valence-electron chi connectivity index (χ2n) is 6.17. The minimum atomic E-state index is -0.496. The van der Waals surface area contributed by atoms with Crippen LogP contribution in [0.4, 0.5) is 0 Å². The number of carbonyl (C=O) groups is 1. The normalized spacial score (nSPS) is 29.3. The highest BCUT2D eigenvalue weighted by Crippen LogP contribution is 2.36. The zero-order valence-corrected chi connectivity index (χ0v) is 13.0. The number of carbonyl (C=O) groups excluding carboxylic acids is 1. The maximum Gasteiger partial charge on any atom is 0.316 e. The smallest absolute Gasteiger partial charge is 0.316 e. The number of hydrogen-bond acceptors (Lipinski definition) is 6. The van der Waals surface area contributed by atoms with Crippen molar-refractivity contribution in [3.8, 4) is 0 Å². The minimum Gasteiger partial charge on any atom is -0.462 e. The topological polar surface area (TPSA) is 81.3 Å². The number of nitrogens with two attached hydrogens (primary N) is 1. The van der Waals surface area contributed by atoms with Gasteiger partial charge in [-0.3, -0.25) is 9.69 Å². The van der Waals surface area contributed by atoms with Gasteiger partial charge in [0.2, 0.25) is 0 Å². The Morgan fingerprint density at radius 1 is 1.45 bits per heavy atom. The van der Waals surface area contributed by atoms with Gasteiger partial charge in [-0.25, -0.2) is 9.97 Å². The molecule has 22 heavy (non-hydrogen) atoms. The molecule has 3 heterocycles. The molecular formula is C16H24N4O2. The average molecular weight is 304 g/mol. The van der Waals surface area contributed by atoms with Gasteiger partial charge < -0.3 is 10.5 Å². The van der Waals surface area contributed by atoms with Crippen LogP contribution < -0.4 is 5.73 Å². The molecule has 2 aliphatic rings. The molecular weight excluding hydrogens is 280 g/mol. The van der Waals surface area contributed by atoms with Crippen molar-refractivity contribution in [3.63, 3.8) is 0 Å². The molecule has 120 valence electrons. The van der Waals surface area contributed by atoms with E-state index >= 15 is 0 Å². The molecule has 2 fully saturated rings. The van der Waals surface area contributed by atoms with E-state index in [4.69, 9.17) is 10.5 Å². The number of nitrogens with zero attached hydrogens (tertiary/aromatic N) is 3. The molecule has 1 aromatic heterocycles. The molecule has 6 nitrogen and oxygen atoms in total. The van der Waals surface area contributed by atoms with Gasteiger partial charge in [-0.1, -0.05) is 6.92 Å². The lowest BCUT2D eigenvalue weighted by Gasteiger charge is -2.38. The van der Waals surface area contributed by atoms with Crippen LogP contribution >= 0.6 is 0 Å². The molecule has 3 rings (SSSR count). The van der Waals surface area contributed by atoms with E-state index < -0.39 is 5.92 Å². The Morgan fingerprint density at radius 3 is 2.73 bits per heavy atom.